The number of hydrogen-bond donors (Lipinski definition) is 3. The van der Waals surface area contributed by atoms with Gasteiger partial charge in [-0.1, -0.05) is 51.1 Å². The highest BCUT2D eigenvalue weighted by Crippen LogP contribution is 2.49. The molecule has 0 amide bonds. The van der Waals surface area contributed by atoms with Crippen molar-refractivity contribution in [3.8, 4) is 17.1 Å². The molecule has 2 aromatic carbocycles. The number of rotatable bonds is 8. The highest BCUT2D eigenvalue weighted by atomic mass is 32.2. The van der Waals surface area contributed by atoms with Crippen LogP contribution in [0.4, 0.5) is 5.95 Å². The molecule has 238 valence electrons. The normalized spacial score (nSPS) is 23.1. The first kappa shape index (κ1) is 32.3. The first-order valence-corrected chi connectivity index (χ1v) is 17.0. The molecule has 2 atom stereocenters. The molecule has 2 aliphatic rings. The van der Waals surface area contributed by atoms with E-state index in [-0.39, 0.29) is 53.3 Å². The van der Waals surface area contributed by atoms with E-state index in [9.17, 15) is 18.6 Å². The van der Waals surface area contributed by atoms with E-state index >= 15 is 0 Å². The molecule has 2 heterocycles. The summed E-state index contributed by atoms with van der Waals surface area (Å²) >= 11 is 0. The van der Waals surface area contributed by atoms with Crippen molar-refractivity contribution >= 4 is 16.0 Å². The Balaban J connectivity index is 1.58. The van der Waals surface area contributed by atoms with Crippen molar-refractivity contribution in [1.82, 2.24) is 14.9 Å². The van der Waals surface area contributed by atoms with Crippen molar-refractivity contribution in [2.24, 2.45) is 17.3 Å². The van der Waals surface area contributed by atoms with Crippen LogP contribution in [-0.2, 0) is 10.0 Å². The zero-order chi connectivity index (χ0) is 31.6. The van der Waals surface area contributed by atoms with Gasteiger partial charge in [0.1, 0.15) is 0 Å². The van der Waals surface area contributed by atoms with Crippen molar-refractivity contribution < 1.29 is 23.4 Å². The minimum atomic E-state index is -3.99. The Hall–Kier alpha value is -3.05. The molecular weight excluding hydrogens is 576 g/mol. The quantitative estimate of drug-likeness (QED) is 0.315. The van der Waals surface area contributed by atoms with Crippen molar-refractivity contribution in [3.05, 3.63) is 65.2 Å². The fraction of sp³-hybridized carbons (Fsp3) is 0.529. The molecule has 1 aliphatic carbocycles. The molecule has 0 spiro atoms. The van der Waals surface area contributed by atoms with Gasteiger partial charge in [-0.05, 0) is 79.2 Å². The SMILES string of the molecule is Cc1cccc(C)c1-c1cc2nc(n1)NS(=O)(=O)c1cccc(c1)C([C@H]1C[C@@H](N(CCO)CCO)C1)[C@H](CC(C)(C)C)CO2. The van der Waals surface area contributed by atoms with Gasteiger partial charge in [0.2, 0.25) is 11.8 Å². The van der Waals surface area contributed by atoms with Crippen LogP contribution < -0.4 is 9.46 Å². The Kier molecular flexibility index (Phi) is 9.65. The van der Waals surface area contributed by atoms with Crippen molar-refractivity contribution in [2.45, 2.75) is 70.7 Å². The standard InChI is InChI=1S/C34H46N4O5S/c1-22-8-6-9-23(2)31(22)29-19-30-36-33(35-29)37-44(41,42)28-11-7-10-24(18-28)32(26(21-43-30)20-34(3,4)5)25-16-27(17-25)38(12-14-39)13-15-40/h6-11,18-19,25-27,32,39-40H,12-17,20-21H2,1-5H3,(H,35,36,37)/t25-,26-,27+,32?/m1/s1. The van der Waals surface area contributed by atoms with E-state index in [2.05, 4.69) is 40.4 Å². The van der Waals surface area contributed by atoms with Crippen LogP contribution in [0.3, 0.4) is 0 Å². The molecule has 9 nitrogen and oxygen atoms in total. The molecule has 1 fully saturated rings. The monoisotopic (exact) mass is 622 g/mol. The van der Waals surface area contributed by atoms with Crippen LogP contribution in [0, 0.1) is 31.1 Å². The number of sulfonamides is 1. The Morgan fingerprint density at radius 1 is 0.977 bits per heavy atom. The third kappa shape index (κ3) is 7.25. The van der Waals surface area contributed by atoms with Gasteiger partial charge in [0.25, 0.3) is 10.0 Å². The zero-order valence-corrected chi connectivity index (χ0v) is 27.3. The third-order valence-corrected chi connectivity index (χ3v) is 10.3. The predicted molar refractivity (Wildman–Crippen MR) is 172 cm³/mol. The maximum absolute atomic E-state index is 13.7. The fourth-order valence-corrected chi connectivity index (χ4v) is 8.11. The van der Waals surface area contributed by atoms with Crippen LogP contribution in [0.5, 0.6) is 5.88 Å². The Bertz CT molecular complexity index is 1540. The lowest BCUT2D eigenvalue weighted by Gasteiger charge is -2.48. The van der Waals surface area contributed by atoms with Crippen LogP contribution in [0.15, 0.2) is 53.4 Å². The fourth-order valence-electron chi connectivity index (χ4n) is 7.11. The van der Waals surface area contributed by atoms with Gasteiger partial charge in [0, 0.05) is 36.7 Å². The van der Waals surface area contributed by atoms with E-state index < -0.39 is 10.0 Å². The van der Waals surface area contributed by atoms with Gasteiger partial charge in [0.05, 0.1) is 30.4 Å². The minimum Gasteiger partial charge on any atom is -0.477 e. The largest absolute Gasteiger partial charge is 0.477 e. The van der Waals surface area contributed by atoms with E-state index in [1.54, 1.807) is 12.1 Å². The van der Waals surface area contributed by atoms with E-state index in [1.807, 2.05) is 50.2 Å². The number of hydrogen-bond acceptors (Lipinski definition) is 8. The summed E-state index contributed by atoms with van der Waals surface area (Å²) in [5, 5.41) is 19.2. The second-order valence-electron chi connectivity index (χ2n) is 13.6. The molecule has 3 N–H and O–H groups in total. The van der Waals surface area contributed by atoms with Gasteiger partial charge in [-0.2, -0.15) is 4.98 Å². The summed E-state index contributed by atoms with van der Waals surface area (Å²) in [5.74, 6) is 0.725. The number of benzene rings is 2. The number of anilines is 1. The molecule has 1 aromatic heterocycles. The summed E-state index contributed by atoms with van der Waals surface area (Å²) in [4.78, 5) is 11.5. The van der Waals surface area contributed by atoms with Crippen LogP contribution >= 0.6 is 0 Å². The minimum absolute atomic E-state index is 0.00218. The van der Waals surface area contributed by atoms with Crippen molar-refractivity contribution in [2.75, 3.05) is 37.6 Å². The van der Waals surface area contributed by atoms with Crippen LogP contribution in [0.2, 0.25) is 0 Å². The van der Waals surface area contributed by atoms with Crippen molar-refractivity contribution in [1.29, 1.82) is 0 Å². The number of aromatic nitrogens is 2. The highest BCUT2D eigenvalue weighted by molar-refractivity contribution is 7.92. The van der Waals surface area contributed by atoms with E-state index in [0.29, 0.717) is 31.3 Å². The number of ether oxygens (including phenoxy) is 1. The zero-order valence-electron chi connectivity index (χ0n) is 26.5. The smallest absolute Gasteiger partial charge is 0.264 e. The van der Waals surface area contributed by atoms with Gasteiger partial charge in [-0.25, -0.2) is 18.1 Å². The lowest BCUT2D eigenvalue weighted by molar-refractivity contribution is 0.0202. The predicted octanol–water partition coefficient (Wildman–Crippen LogP) is 5.15. The number of aryl methyl sites for hydroxylation is 2. The number of fused-ring (bicyclic) bond motifs is 4. The molecule has 1 unspecified atom stereocenters. The lowest BCUT2D eigenvalue weighted by atomic mass is 9.63. The second-order valence-corrected chi connectivity index (χ2v) is 15.3. The Labute approximate surface area is 261 Å². The molecule has 44 heavy (non-hydrogen) atoms. The average molecular weight is 623 g/mol. The van der Waals surface area contributed by atoms with Gasteiger partial charge < -0.3 is 14.9 Å². The molecule has 4 bridgehead atoms. The average Bonchev–Trinajstić information content (AvgIpc) is 2.91. The molecule has 1 aliphatic heterocycles. The van der Waals surface area contributed by atoms with E-state index in [1.165, 1.54) is 0 Å². The summed E-state index contributed by atoms with van der Waals surface area (Å²) in [6, 6.07) is 15.3. The molecule has 0 saturated heterocycles. The molecule has 3 aromatic rings. The number of nitrogens with one attached hydrogen (secondary N) is 1. The van der Waals surface area contributed by atoms with E-state index in [0.717, 1.165) is 41.5 Å². The Morgan fingerprint density at radius 3 is 2.27 bits per heavy atom. The molecule has 0 radical (unpaired) electrons. The Morgan fingerprint density at radius 2 is 1.64 bits per heavy atom. The molecule has 1 saturated carbocycles. The molecule has 10 heteroatoms. The first-order valence-electron chi connectivity index (χ1n) is 15.6. The van der Waals surface area contributed by atoms with Crippen LogP contribution in [-0.4, -0.2) is 72.5 Å². The lowest BCUT2D eigenvalue weighted by Crippen LogP contribution is -2.49. The highest BCUT2D eigenvalue weighted by Gasteiger charge is 2.43. The number of aliphatic hydroxyl groups is 2. The van der Waals surface area contributed by atoms with E-state index in [4.69, 9.17) is 4.74 Å². The van der Waals surface area contributed by atoms with Gasteiger partial charge in [-0.15, -0.1) is 0 Å². The maximum atomic E-state index is 13.7. The third-order valence-electron chi connectivity index (χ3n) is 8.99. The summed E-state index contributed by atoms with van der Waals surface area (Å²) in [6.07, 6.45) is 2.66. The van der Waals surface area contributed by atoms with Crippen LogP contribution in [0.1, 0.15) is 62.6 Å². The number of aliphatic hydroxyl groups excluding tert-OH is 2. The van der Waals surface area contributed by atoms with Crippen LogP contribution in [0.25, 0.3) is 11.3 Å². The van der Waals surface area contributed by atoms with Gasteiger partial charge in [-0.3, -0.25) is 4.90 Å². The maximum Gasteiger partial charge on any atom is 0.264 e. The summed E-state index contributed by atoms with van der Waals surface area (Å²) in [7, 11) is -3.99. The summed E-state index contributed by atoms with van der Waals surface area (Å²) in [6.45, 7) is 12.2. The first-order chi connectivity index (χ1) is 20.9. The van der Waals surface area contributed by atoms with Crippen molar-refractivity contribution in [3.63, 3.8) is 0 Å². The number of nitrogens with zero attached hydrogens (tertiary/aromatic N) is 3. The topological polar surface area (TPSA) is 125 Å². The van der Waals surface area contributed by atoms with Gasteiger partial charge in [0.15, 0.2) is 0 Å². The molecular formula is C34H46N4O5S. The summed E-state index contributed by atoms with van der Waals surface area (Å²) in [5.41, 5.74) is 4.56. The second kappa shape index (κ2) is 13.1. The summed E-state index contributed by atoms with van der Waals surface area (Å²) < 4.78 is 36.6. The van der Waals surface area contributed by atoms with Gasteiger partial charge >= 0.3 is 0 Å². The molecule has 5 rings (SSSR count).